The second-order valence-corrected chi connectivity index (χ2v) is 5.58. The average molecular weight is 309 g/mol. The van der Waals surface area contributed by atoms with Crippen molar-refractivity contribution in [3.8, 4) is 0 Å². The molecule has 1 saturated heterocycles. The summed E-state index contributed by atoms with van der Waals surface area (Å²) >= 11 is 0. The van der Waals surface area contributed by atoms with Crippen LogP contribution in [0.15, 0.2) is 54.9 Å². The maximum absolute atomic E-state index is 12.3. The second kappa shape index (κ2) is 7.05. The number of carbonyl (C=O) groups excluding carboxylic acids is 2. The summed E-state index contributed by atoms with van der Waals surface area (Å²) in [5.74, 6) is 0.0953. The monoisotopic (exact) mass is 309 g/mol. The van der Waals surface area contributed by atoms with Crippen LogP contribution in [0.2, 0.25) is 0 Å². The highest BCUT2D eigenvalue weighted by Gasteiger charge is 2.24. The molecule has 0 unspecified atom stereocenters. The Hall–Kier alpha value is -2.69. The largest absolute Gasteiger partial charge is 0.339 e. The van der Waals surface area contributed by atoms with Crippen LogP contribution < -0.4 is 0 Å². The lowest BCUT2D eigenvalue weighted by atomic mass is 10.1. The average Bonchev–Trinajstić information content (AvgIpc) is 2.63. The van der Waals surface area contributed by atoms with E-state index in [2.05, 4.69) is 4.98 Å². The van der Waals surface area contributed by atoms with Gasteiger partial charge in [0.1, 0.15) is 0 Å². The first kappa shape index (κ1) is 15.2. The molecule has 2 amide bonds. The van der Waals surface area contributed by atoms with E-state index in [9.17, 15) is 9.59 Å². The Kier molecular flexibility index (Phi) is 4.66. The number of piperazine rings is 1. The molecule has 118 valence electrons. The molecule has 0 bridgehead atoms. The minimum absolute atomic E-state index is 0.0201. The van der Waals surface area contributed by atoms with Gasteiger partial charge in [-0.1, -0.05) is 30.3 Å². The topological polar surface area (TPSA) is 53.5 Å². The van der Waals surface area contributed by atoms with E-state index in [0.29, 0.717) is 38.2 Å². The van der Waals surface area contributed by atoms with Gasteiger partial charge in [0, 0.05) is 38.6 Å². The van der Waals surface area contributed by atoms with Crippen molar-refractivity contribution in [2.45, 2.75) is 6.42 Å². The molecule has 1 aromatic carbocycles. The number of nitrogens with zero attached hydrogens (tertiary/aromatic N) is 3. The number of benzene rings is 1. The van der Waals surface area contributed by atoms with E-state index in [1.54, 1.807) is 29.4 Å². The number of hydrogen-bond donors (Lipinski definition) is 0. The Morgan fingerprint density at radius 3 is 2.26 bits per heavy atom. The molecule has 5 heteroatoms. The third-order valence-corrected chi connectivity index (χ3v) is 4.03. The minimum Gasteiger partial charge on any atom is -0.339 e. The first-order chi connectivity index (χ1) is 11.2. The molecule has 0 aliphatic carbocycles. The van der Waals surface area contributed by atoms with Gasteiger partial charge in [0.2, 0.25) is 5.91 Å². The zero-order chi connectivity index (χ0) is 16.1. The lowest BCUT2D eigenvalue weighted by Crippen LogP contribution is -2.51. The van der Waals surface area contributed by atoms with E-state index in [1.807, 2.05) is 35.2 Å². The second-order valence-electron chi connectivity index (χ2n) is 5.58. The third kappa shape index (κ3) is 3.74. The van der Waals surface area contributed by atoms with Crippen molar-refractivity contribution >= 4 is 11.8 Å². The molecule has 1 fully saturated rings. The van der Waals surface area contributed by atoms with E-state index in [1.165, 1.54) is 0 Å². The molecule has 0 saturated carbocycles. The maximum atomic E-state index is 12.3. The van der Waals surface area contributed by atoms with E-state index in [-0.39, 0.29) is 11.8 Å². The highest BCUT2D eigenvalue weighted by Crippen LogP contribution is 2.10. The van der Waals surface area contributed by atoms with Crippen molar-refractivity contribution in [3.63, 3.8) is 0 Å². The normalized spacial score (nSPS) is 14.6. The highest BCUT2D eigenvalue weighted by atomic mass is 16.2. The van der Waals surface area contributed by atoms with Gasteiger partial charge in [-0.25, -0.2) is 0 Å². The molecule has 2 heterocycles. The van der Waals surface area contributed by atoms with Crippen molar-refractivity contribution in [2.24, 2.45) is 0 Å². The zero-order valence-electron chi connectivity index (χ0n) is 12.9. The van der Waals surface area contributed by atoms with Crippen LogP contribution >= 0.6 is 0 Å². The van der Waals surface area contributed by atoms with Gasteiger partial charge in [-0.15, -0.1) is 0 Å². The van der Waals surface area contributed by atoms with Crippen molar-refractivity contribution in [1.29, 1.82) is 0 Å². The number of rotatable bonds is 3. The van der Waals surface area contributed by atoms with Crippen molar-refractivity contribution in [1.82, 2.24) is 14.8 Å². The summed E-state index contributed by atoms with van der Waals surface area (Å²) in [7, 11) is 0. The summed E-state index contributed by atoms with van der Waals surface area (Å²) in [4.78, 5) is 32.3. The van der Waals surface area contributed by atoms with Gasteiger partial charge < -0.3 is 9.80 Å². The number of aromatic nitrogens is 1. The predicted molar refractivity (Wildman–Crippen MR) is 86.9 cm³/mol. The van der Waals surface area contributed by atoms with Crippen LogP contribution in [0.1, 0.15) is 15.9 Å². The Morgan fingerprint density at radius 1 is 0.913 bits per heavy atom. The van der Waals surface area contributed by atoms with Crippen LogP contribution in [0.4, 0.5) is 0 Å². The van der Waals surface area contributed by atoms with E-state index in [4.69, 9.17) is 0 Å². The van der Waals surface area contributed by atoms with Crippen molar-refractivity contribution in [3.05, 3.63) is 66.0 Å². The lowest BCUT2D eigenvalue weighted by molar-refractivity contribution is -0.131. The third-order valence-electron chi connectivity index (χ3n) is 4.03. The number of amides is 2. The number of pyridine rings is 1. The zero-order valence-corrected chi connectivity index (χ0v) is 12.9. The molecule has 23 heavy (non-hydrogen) atoms. The van der Waals surface area contributed by atoms with Crippen LogP contribution in [0.3, 0.4) is 0 Å². The Bertz CT molecular complexity index is 665. The van der Waals surface area contributed by atoms with Gasteiger partial charge in [-0.05, 0) is 17.7 Å². The molecular formula is C18H19N3O2. The van der Waals surface area contributed by atoms with Gasteiger partial charge in [0.25, 0.3) is 5.91 Å². The molecular weight excluding hydrogens is 290 g/mol. The van der Waals surface area contributed by atoms with Crippen LogP contribution in [0.5, 0.6) is 0 Å². The molecule has 1 aliphatic rings. The van der Waals surface area contributed by atoms with Gasteiger partial charge in [0.15, 0.2) is 0 Å². The van der Waals surface area contributed by atoms with E-state index < -0.39 is 0 Å². The number of carbonyl (C=O) groups is 2. The SMILES string of the molecule is O=C(Cc1ccccc1)N1CCN(C(=O)c2cccnc2)CC1. The van der Waals surface area contributed by atoms with Gasteiger partial charge >= 0.3 is 0 Å². The quantitative estimate of drug-likeness (QED) is 0.865. The molecule has 1 aromatic heterocycles. The van der Waals surface area contributed by atoms with E-state index in [0.717, 1.165) is 5.56 Å². The standard InChI is InChI=1S/C18H19N3O2/c22-17(13-15-5-2-1-3-6-15)20-9-11-21(12-10-20)18(23)16-7-4-8-19-14-16/h1-8,14H,9-13H2. The fourth-order valence-electron chi connectivity index (χ4n) is 2.71. The molecule has 0 spiro atoms. The summed E-state index contributed by atoms with van der Waals surface area (Å²) < 4.78 is 0. The summed E-state index contributed by atoms with van der Waals surface area (Å²) in [5.41, 5.74) is 1.61. The predicted octanol–water partition coefficient (Wildman–Crippen LogP) is 1.61. The number of hydrogen-bond acceptors (Lipinski definition) is 3. The van der Waals surface area contributed by atoms with E-state index >= 15 is 0 Å². The lowest BCUT2D eigenvalue weighted by Gasteiger charge is -2.34. The summed E-state index contributed by atoms with van der Waals surface area (Å²) in [5, 5.41) is 0. The molecule has 0 N–H and O–H groups in total. The summed E-state index contributed by atoms with van der Waals surface area (Å²) in [6, 6.07) is 13.3. The molecule has 0 radical (unpaired) electrons. The Labute approximate surface area is 135 Å². The molecule has 1 aliphatic heterocycles. The molecule has 2 aromatic rings. The van der Waals surface area contributed by atoms with Crippen LogP contribution in [-0.2, 0) is 11.2 Å². The maximum Gasteiger partial charge on any atom is 0.255 e. The van der Waals surface area contributed by atoms with Gasteiger partial charge in [-0.3, -0.25) is 14.6 Å². The van der Waals surface area contributed by atoms with Crippen molar-refractivity contribution < 1.29 is 9.59 Å². The fourth-order valence-corrected chi connectivity index (χ4v) is 2.71. The summed E-state index contributed by atoms with van der Waals surface area (Å²) in [6.45, 7) is 2.29. The first-order valence-corrected chi connectivity index (χ1v) is 7.75. The van der Waals surface area contributed by atoms with Crippen LogP contribution in [0, 0.1) is 0 Å². The van der Waals surface area contributed by atoms with Gasteiger partial charge in [-0.2, -0.15) is 0 Å². The molecule has 0 atom stereocenters. The molecule has 3 rings (SSSR count). The highest BCUT2D eigenvalue weighted by molar-refractivity contribution is 5.94. The minimum atomic E-state index is -0.0201. The van der Waals surface area contributed by atoms with Crippen molar-refractivity contribution in [2.75, 3.05) is 26.2 Å². The molecule has 5 nitrogen and oxygen atoms in total. The first-order valence-electron chi connectivity index (χ1n) is 7.75. The van der Waals surface area contributed by atoms with Crippen LogP contribution in [-0.4, -0.2) is 52.8 Å². The Morgan fingerprint density at radius 2 is 1.61 bits per heavy atom. The van der Waals surface area contributed by atoms with Crippen LogP contribution in [0.25, 0.3) is 0 Å². The smallest absolute Gasteiger partial charge is 0.255 e. The fraction of sp³-hybridized carbons (Fsp3) is 0.278. The van der Waals surface area contributed by atoms with Gasteiger partial charge in [0.05, 0.1) is 12.0 Å². The Balaban J connectivity index is 1.54. The summed E-state index contributed by atoms with van der Waals surface area (Å²) in [6.07, 6.45) is 3.64.